The number of aromatic nitrogens is 1. The summed E-state index contributed by atoms with van der Waals surface area (Å²) in [5.74, 6) is -1.71. The largest absolute Gasteiger partial charge is 0.252 e. The number of pyridine rings is 1. The van der Waals surface area contributed by atoms with Gasteiger partial charge in [0.2, 0.25) is 0 Å². The Balaban J connectivity index is 2.66. The van der Waals surface area contributed by atoms with Crippen LogP contribution >= 0.6 is 15.9 Å². The van der Waals surface area contributed by atoms with Crippen molar-refractivity contribution < 1.29 is 8.78 Å². The fraction of sp³-hybridized carbons (Fsp3) is 0.182. The van der Waals surface area contributed by atoms with Crippen molar-refractivity contribution >= 4 is 26.8 Å². The first-order chi connectivity index (χ1) is 7.08. The SMILES string of the molecule is CC(Br)c1ccc2cc(F)c(F)cc2n1. The zero-order valence-electron chi connectivity index (χ0n) is 7.97. The van der Waals surface area contributed by atoms with Gasteiger partial charge in [0.1, 0.15) is 0 Å². The van der Waals surface area contributed by atoms with Gasteiger partial charge in [-0.3, -0.25) is 4.98 Å². The number of halogens is 3. The fourth-order valence-electron chi connectivity index (χ4n) is 1.36. The van der Waals surface area contributed by atoms with Crippen molar-refractivity contribution in [3.05, 3.63) is 41.6 Å². The normalized spacial score (nSPS) is 13.1. The standard InChI is InChI=1S/C11H8BrF2N/c1-6(12)10-3-2-7-4-8(13)9(14)5-11(7)15-10/h2-6H,1H3. The van der Waals surface area contributed by atoms with Crippen LogP contribution in [0.2, 0.25) is 0 Å². The van der Waals surface area contributed by atoms with Crippen LogP contribution < -0.4 is 0 Å². The highest BCUT2D eigenvalue weighted by Gasteiger charge is 2.07. The van der Waals surface area contributed by atoms with Gasteiger partial charge in [-0.05, 0) is 19.1 Å². The molecule has 0 bridgehead atoms. The van der Waals surface area contributed by atoms with E-state index in [4.69, 9.17) is 0 Å². The summed E-state index contributed by atoms with van der Waals surface area (Å²) in [5, 5.41) is 0.603. The lowest BCUT2D eigenvalue weighted by atomic mass is 10.2. The van der Waals surface area contributed by atoms with Crippen LogP contribution in [0.5, 0.6) is 0 Å². The number of alkyl halides is 1. The maximum absolute atomic E-state index is 13.0. The predicted octanol–water partition coefficient (Wildman–Crippen LogP) is 3.97. The number of benzene rings is 1. The highest BCUT2D eigenvalue weighted by atomic mass is 79.9. The van der Waals surface area contributed by atoms with Crippen molar-refractivity contribution in [2.75, 3.05) is 0 Å². The van der Waals surface area contributed by atoms with Crippen LogP contribution in [-0.2, 0) is 0 Å². The monoisotopic (exact) mass is 271 g/mol. The summed E-state index contributed by atoms with van der Waals surface area (Å²) in [4.78, 5) is 4.32. The highest BCUT2D eigenvalue weighted by Crippen LogP contribution is 2.23. The van der Waals surface area contributed by atoms with Crippen molar-refractivity contribution in [3.63, 3.8) is 0 Å². The first-order valence-electron chi connectivity index (χ1n) is 4.47. The van der Waals surface area contributed by atoms with Crippen molar-refractivity contribution in [3.8, 4) is 0 Å². The van der Waals surface area contributed by atoms with Crippen LogP contribution in [0.25, 0.3) is 10.9 Å². The molecule has 0 spiro atoms. The van der Waals surface area contributed by atoms with Crippen LogP contribution in [-0.4, -0.2) is 4.98 Å². The molecule has 0 N–H and O–H groups in total. The summed E-state index contributed by atoms with van der Waals surface area (Å²) >= 11 is 3.37. The summed E-state index contributed by atoms with van der Waals surface area (Å²) in [6, 6.07) is 5.79. The number of hydrogen-bond donors (Lipinski definition) is 0. The smallest absolute Gasteiger partial charge is 0.161 e. The molecule has 0 amide bonds. The minimum atomic E-state index is -0.866. The van der Waals surface area contributed by atoms with Gasteiger partial charge in [-0.1, -0.05) is 22.0 Å². The van der Waals surface area contributed by atoms with Gasteiger partial charge < -0.3 is 0 Å². The molecule has 0 saturated heterocycles. The summed E-state index contributed by atoms with van der Waals surface area (Å²) in [6.07, 6.45) is 0. The van der Waals surface area contributed by atoms with E-state index in [-0.39, 0.29) is 4.83 Å². The fourth-order valence-corrected chi connectivity index (χ4v) is 1.61. The predicted molar refractivity (Wildman–Crippen MR) is 59.0 cm³/mol. The lowest BCUT2D eigenvalue weighted by Gasteiger charge is -2.04. The molecule has 1 atom stereocenters. The Labute approximate surface area is 94.3 Å². The molecule has 78 valence electrons. The van der Waals surface area contributed by atoms with E-state index in [0.29, 0.717) is 10.9 Å². The molecule has 1 unspecified atom stereocenters. The molecule has 4 heteroatoms. The molecular formula is C11H8BrF2N. The topological polar surface area (TPSA) is 12.9 Å². The second-order valence-corrected chi connectivity index (χ2v) is 4.68. The molecule has 1 aromatic heterocycles. The van der Waals surface area contributed by atoms with Crippen LogP contribution in [0.15, 0.2) is 24.3 Å². The molecule has 0 aliphatic rings. The molecule has 0 aliphatic carbocycles. The molecule has 1 heterocycles. The summed E-state index contributed by atoms with van der Waals surface area (Å²) < 4.78 is 25.9. The number of nitrogens with zero attached hydrogens (tertiary/aromatic N) is 1. The Morgan fingerprint density at radius 3 is 2.53 bits per heavy atom. The maximum Gasteiger partial charge on any atom is 0.161 e. The van der Waals surface area contributed by atoms with Crippen molar-refractivity contribution in [1.82, 2.24) is 4.98 Å². The summed E-state index contributed by atoms with van der Waals surface area (Å²) in [6.45, 7) is 1.92. The second-order valence-electron chi connectivity index (χ2n) is 3.31. The van der Waals surface area contributed by atoms with Gasteiger partial charge in [0.15, 0.2) is 11.6 Å². The lowest BCUT2D eigenvalue weighted by Crippen LogP contribution is -1.92. The molecule has 0 aliphatic heterocycles. The molecule has 15 heavy (non-hydrogen) atoms. The van der Waals surface area contributed by atoms with Gasteiger partial charge in [-0.25, -0.2) is 8.78 Å². The van der Waals surface area contributed by atoms with Gasteiger partial charge in [0.05, 0.1) is 16.0 Å². The zero-order valence-corrected chi connectivity index (χ0v) is 9.55. The van der Waals surface area contributed by atoms with Crippen LogP contribution in [0.4, 0.5) is 8.78 Å². The Hall–Kier alpha value is -1.03. The Kier molecular flexibility index (Phi) is 2.69. The van der Waals surface area contributed by atoms with E-state index in [1.165, 1.54) is 0 Å². The molecule has 0 radical (unpaired) electrons. The van der Waals surface area contributed by atoms with Gasteiger partial charge in [-0.2, -0.15) is 0 Å². The van der Waals surface area contributed by atoms with E-state index in [1.807, 2.05) is 6.92 Å². The molecule has 2 aromatic rings. The Morgan fingerprint density at radius 2 is 1.87 bits per heavy atom. The van der Waals surface area contributed by atoms with E-state index in [0.717, 1.165) is 17.8 Å². The highest BCUT2D eigenvalue weighted by molar-refractivity contribution is 9.09. The average Bonchev–Trinajstić information content (AvgIpc) is 2.19. The van der Waals surface area contributed by atoms with E-state index in [9.17, 15) is 8.78 Å². The second kappa shape index (κ2) is 3.85. The van der Waals surface area contributed by atoms with Crippen LogP contribution in [0.3, 0.4) is 0 Å². The molecule has 0 fully saturated rings. The molecule has 1 aromatic carbocycles. The zero-order chi connectivity index (χ0) is 11.0. The molecular weight excluding hydrogens is 264 g/mol. The number of hydrogen-bond acceptors (Lipinski definition) is 1. The third kappa shape index (κ3) is 2.00. The van der Waals surface area contributed by atoms with Gasteiger partial charge >= 0.3 is 0 Å². The van der Waals surface area contributed by atoms with E-state index in [2.05, 4.69) is 20.9 Å². The maximum atomic E-state index is 13.0. The number of fused-ring (bicyclic) bond motifs is 1. The van der Waals surface area contributed by atoms with Crippen molar-refractivity contribution in [2.24, 2.45) is 0 Å². The molecule has 1 nitrogen and oxygen atoms in total. The minimum Gasteiger partial charge on any atom is -0.252 e. The van der Waals surface area contributed by atoms with E-state index < -0.39 is 11.6 Å². The van der Waals surface area contributed by atoms with Gasteiger partial charge in [0.25, 0.3) is 0 Å². The third-order valence-corrected chi connectivity index (χ3v) is 2.63. The Bertz CT molecular complexity index is 511. The van der Waals surface area contributed by atoms with E-state index in [1.54, 1.807) is 12.1 Å². The lowest BCUT2D eigenvalue weighted by molar-refractivity contribution is 0.510. The van der Waals surface area contributed by atoms with Crippen molar-refractivity contribution in [1.29, 1.82) is 0 Å². The molecule has 2 rings (SSSR count). The Morgan fingerprint density at radius 1 is 1.20 bits per heavy atom. The minimum absolute atomic E-state index is 0.0926. The van der Waals surface area contributed by atoms with E-state index >= 15 is 0 Å². The van der Waals surface area contributed by atoms with Gasteiger partial charge in [0, 0.05) is 11.5 Å². The number of rotatable bonds is 1. The van der Waals surface area contributed by atoms with Crippen molar-refractivity contribution in [2.45, 2.75) is 11.8 Å². The van der Waals surface area contributed by atoms with Crippen LogP contribution in [0.1, 0.15) is 17.4 Å². The average molecular weight is 272 g/mol. The summed E-state index contributed by atoms with van der Waals surface area (Å²) in [5.41, 5.74) is 1.27. The third-order valence-electron chi connectivity index (χ3n) is 2.16. The molecule has 0 saturated carbocycles. The quantitative estimate of drug-likeness (QED) is 0.716. The van der Waals surface area contributed by atoms with Gasteiger partial charge in [-0.15, -0.1) is 0 Å². The first-order valence-corrected chi connectivity index (χ1v) is 5.39. The summed E-state index contributed by atoms with van der Waals surface area (Å²) in [7, 11) is 0. The van der Waals surface area contributed by atoms with Crippen LogP contribution in [0, 0.1) is 11.6 Å². The first kappa shape index (κ1) is 10.5.